The molecule has 1 N–H and O–H groups in total. The van der Waals surface area contributed by atoms with E-state index in [0.717, 1.165) is 29.1 Å². The van der Waals surface area contributed by atoms with Crippen molar-refractivity contribution in [2.45, 2.75) is 31.0 Å². The lowest BCUT2D eigenvalue weighted by Crippen LogP contribution is -2.46. The summed E-state index contributed by atoms with van der Waals surface area (Å²) in [6.07, 6.45) is -1.18. The molecule has 0 saturated carbocycles. The van der Waals surface area contributed by atoms with Gasteiger partial charge in [-0.2, -0.15) is 18.3 Å². The van der Waals surface area contributed by atoms with Crippen LogP contribution in [0.15, 0.2) is 47.7 Å². The molecule has 1 aromatic carbocycles. The number of aromatic nitrogens is 4. The van der Waals surface area contributed by atoms with Gasteiger partial charge in [0, 0.05) is 24.8 Å². The van der Waals surface area contributed by atoms with E-state index in [-0.39, 0.29) is 33.4 Å². The summed E-state index contributed by atoms with van der Waals surface area (Å²) in [5.41, 5.74) is -0.875. The van der Waals surface area contributed by atoms with E-state index in [1.807, 2.05) is 0 Å². The number of carbonyl (C=O) groups is 1. The zero-order valence-corrected chi connectivity index (χ0v) is 18.9. The number of benzene rings is 1. The van der Waals surface area contributed by atoms with Gasteiger partial charge in [-0.15, -0.1) is 0 Å². The van der Waals surface area contributed by atoms with E-state index in [0.29, 0.717) is 19.6 Å². The highest BCUT2D eigenvalue weighted by Crippen LogP contribution is 2.33. The molecular formula is C22H20ClF4N5O3. The standard InChI is InChI=1S/C22H20ClF4N5O3/c23-17-9-28-18(31-13-30-32(20(31)34)11-22(25,26)27)8-16(17)19(33)29-10-21(6-1-7-35-12-21)14-2-4-15(24)5-3-14/h2-5,8-9,13H,1,6-7,10-12H2,(H,29,33). The highest BCUT2D eigenvalue weighted by atomic mass is 35.5. The van der Waals surface area contributed by atoms with E-state index >= 15 is 0 Å². The zero-order chi connectivity index (χ0) is 25.2. The van der Waals surface area contributed by atoms with Crippen molar-refractivity contribution in [2.75, 3.05) is 19.8 Å². The Morgan fingerprint density at radius 3 is 2.66 bits per heavy atom. The summed E-state index contributed by atoms with van der Waals surface area (Å²) < 4.78 is 58.1. The number of hydrogen-bond acceptors (Lipinski definition) is 5. The Kier molecular flexibility index (Phi) is 6.95. The number of ether oxygens (including phenoxy) is 1. The quantitative estimate of drug-likeness (QED) is 0.511. The van der Waals surface area contributed by atoms with Crippen LogP contribution in [0, 0.1) is 5.82 Å². The third kappa shape index (κ3) is 5.54. The topological polar surface area (TPSA) is 91.0 Å². The van der Waals surface area contributed by atoms with Crippen molar-refractivity contribution >= 4 is 17.5 Å². The van der Waals surface area contributed by atoms with Gasteiger partial charge in [0.15, 0.2) is 0 Å². The summed E-state index contributed by atoms with van der Waals surface area (Å²) in [6, 6.07) is 7.18. The summed E-state index contributed by atoms with van der Waals surface area (Å²) in [5.74, 6) is -1.08. The molecule has 0 bridgehead atoms. The Morgan fingerprint density at radius 1 is 1.26 bits per heavy atom. The van der Waals surface area contributed by atoms with Crippen molar-refractivity contribution in [3.8, 4) is 5.82 Å². The number of carbonyl (C=O) groups excluding carboxylic acids is 1. The molecule has 2 aromatic heterocycles. The third-order valence-corrected chi connectivity index (χ3v) is 6.06. The van der Waals surface area contributed by atoms with Gasteiger partial charge in [0.05, 0.1) is 17.2 Å². The lowest BCUT2D eigenvalue weighted by atomic mass is 9.76. The zero-order valence-electron chi connectivity index (χ0n) is 18.2. The number of hydrogen-bond donors (Lipinski definition) is 1. The molecule has 186 valence electrons. The molecule has 1 unspecified atom stereocenters. The highest BCUT2D eigenvalue weighted by molar-refractivity contribution is 6.33. The van der Waals surface area contributed by atoms with Crippen molar-refractivity contribution in [3.63, 3.8) is 0 Å². The fourth-order valence-corrected chi connectivity index (χ4v) is 4.16. The second-order valence-electron chi connectivity index (χ2n) is 8.20. The molecule has 8 nitrogen and oxygen atoms in total. The van der Waals surface area contributed by atoms with Gasteiger partial charge in [-0.1, -0.05) is 23.7 Å². The van der Waals surface area contributed by atoms with Crippen LogP contribution >= 0.6 is 11.6 Å². The maximum atomic E-state index is 13.4. The van der Waals surface area contributed by atoms with Crippen molar-refractivity contribution in [1.29, 1.82) is 0 Å². The summed E-state index contributed by atoms with van der Waals surface area (Å²) >= 11 is 6.15. The van der Waals surface area contributed by atoms with E-state index in [1.165, 1.54) is 18.2 Å². The molecule has 35 heavy (non-hydrogen) atoms. The summed E-state index contributed by atoms with van der Waals surface area (Å²) in [6.45, 7) is -0.503. The Morgan fingerprint density at radius 2 is 2.00 bits per heavy atom. The lowest BCUT2D eigenvalue weighted by Gasteiger charge is -2.37. The Balaban J connectivity index is 1.57. The number of pyridine rings is 1. The first kappa shape index (κ1) is 24.9. The molecule has 1 amide bonds. The molecular weight excluding hydrogens is 494 g/mol. The van der Waals surface area contributed by atoms with Gasteiger partial charge >= 0.3 is 11.9 Å². The van der Waals surface area contributed by atoms with Gasteiger partial charge in [-0.3, -0.25) is 4.79 Å². The minimum Gasteiger partial charge on any atom is -0.380 e. The molecule has 0 spiro atoms. The fourth-order valence-electron chi connectivity index (χ4n) is 3.98. The SMILES string of the molecule is O=C(NCC1(c2ccc(F)cc2)CCCOC1)c1cc(-n2cnn(CC(F)(F)F)c2=O)ncc1Cl. The van der Waals surface area contributed by atoms with Gasteiger partial charge in [-0.25, -0.2) is 23.4 Å². The number of alkyl halides is 3. The van der Waals surface area contributed by atoms with Crippen LogP contribution in [0.5, 0.6) is 0 Å². The van der Waals surface area contributed by atoms with E-state index < -0.39 is 29.7 Å². The van der Waals surface area contributed by atoms with Crippen LogP contribution in [0.4, 0.5) is 17.6 Å². The molecule has 1 atom stereocenters. The molecule has 13 heteroatoms. The Hall–Kier alpha value is -3.25. The molecule has 4 rings (SSSR count). The molecule has 1 fully saturated rings. The van der Waals surface area contributed by atoms with Gasteiger partial charge in [0.1, 0.15) is 24.5 Å². The van der Waals surface area contributed by atoms with Crippen LogP contribution in [-0.2, 0) is 16.7 Å². The van der Waals surface area contributed by atoms with E-state index in [1.54, 1.807) is 12.1 Å². The van der Waals surface area contributed by atoms with Crippen LogP contribution in [0.2, 0.25) is 5.02 Å². The molecule has 3 aromatic rings. The van der Waals surface area contributed by atoms with Crippen molar-refractivity contribution in [3.05, 3.63) is 75.3 Å². The van der Waals surface area contributed by atoms with Crippen LogP contribution in [-0.4, -0.2) is 51.2 Å². The van der Waals surface area contributed by atoms with Crippen LogP contribution in [0.25, 0.3) is 5.82 Å². The van der Waals surface area contributed by atoms with Crippen LogP contribution in [0.3, 0.4) is 0 Å². The maximum Gasteiger partial charge on any atom is 0.408 e. The lowest BCUT2D eigenvalue weighted by molar-refractivity contribution is -0.143. The Labute approximate surface area is 201 Å². The van der Waals surface area contributed by atoms with Crippen molar-refractivity contribution in [1.82, 2.24) is 24.6 Å². The summed E-state index contributed by atoms with van der Waals surface area (Å²) in [4.78, 5) is 29.3. The number of halogens is 5. The normalized spacial score (nSPS) is 18.4. The monoisotopic (exact) mass is 513 g/mol. The van der Waals surface area contributed by atoms with E-state index in [4.69, 9.17) is 16.3 Å². The average Bonchev–Trinajstić information content (AvgIpc) is 3.17. The molecule has 1 aliphatic heterocycles. The highest BCUT2D eigenvalue weighted by Gasteiger charge is 2.35. The van der Waals surface area contributed by atoms with Crippen molar-refractivity contribution < 1.29 is 27.1 Å². The fraction of sp³-hybridized carbons (Fsp3) is 0.364. The third-order valence-electron chi connectivity index (χ3n) is 5.76. The maximum absolute atomic E-state index is 13.4. The predicted octanol–water partition coefficient (Wildman–Crippen LogP) is 3.26. The summed E-state index contributed by atoms with van der Waals surface area (Å²) in [7, 11) is 0. The Bertz CT molecular complexity index is 1270. The predicted molar refractivity (Wildman–Crippen MR) is 117 cm³/mol. The van der Waals surface area contributed by atoms with E-state index in [2.05, 4.69) is 15.4 Å². The number of nitrogens with one attached hydrogen (secondary N) is 1. The molecule has 0 radical (unpaired) electrons. The van der Waals surface area contributed by atoms with Gasteiger partial charge < -0.3 is 10.1 Å². The van der Waals surface area contributed by atoms with Gasteiger partial charge in [-0.05, 0) is 36.6 Å². The second kappa shape index (κ2) is 9.78. The first-order valence-corrected chi connectivity index (χ1v) is 10.9. The van der Waals surface area contributed by atoms with Crippen LogP contribution < -0.4 is 11.0 Å². The molecule has 1 saturated heterocycles. The first-order valence-electron chi connectivity index (χ1n) is 10.6. The first-order chi connectivity index (χ1) is 16.6. The number of amides is 1. The number of nitrogens with zero attached hydrogens (tertiary/aromatic N) is 4. The van der Waals surface area contributed by atoms with Crippen molar-refractivity contribution in [2.24, 2.45) is 0 Å². The second-order valence-corrected chi connectivity index (χ2v) is 8.61. The smallest absolute Gasteiger partial charge is 0.380 e. The number of rotatable bonds is 6. The minimum absolute atomic E-state index is 0.0160. The van der Waals surface area contributed by atoms with Gasteiger partial charge in [0.25, 0.3) is 5.91 Å². The molecule has 1 aliphatic rings. The molecule has 0 aliphatic carbocycles. The van der Waals surface area contributed by atoms with Crippen LogP contribution in [0.1, 0.15) is 28.8 Å². The minimum atomic E-state index is -4.63. The largest absolute Gasteiger partial charge is 0.408 e. The average molecular weight is 514 g/mol. The molecule has 3 heterocycles. The van der Waals surface area contributed by atoms with Gasteiger partial charge in [0.2, 0.25) is 0 Å². The summed E-state index contributed by atoms with van der Waals surface area (Å²) in [5, 5.41) is 6.25. The van der Waals surface area contributed by atoms with E-state index in [9.17, 15) is 27.2 Å².